The van der Waals surface area contributed by atoms with Crippen molar-refractivity contribution in [1.29, 1.82) is 0 Å². The predicted molar refractivity (Wildman–Crippen MR) is 67.2 cm³/mol. The van der Waals surface area contributed by atoms with Crippen LogP contribution in [-0.4, -0.2) is 41.0 Å². The first-order valence-corrected chi connectivity index (χ1v) is 6.08. The lowest BCUT2D eigenvalue weighted by atomic mass is 10.3. The van der Waals surface area contributed by atoms with Gasteiger partial charge in [-0.25, -0.2) is 4.39 Å². The summed E-state index contributed by atoms with van der Waals surface area (Å²) < 4.78 is 12.8. The van der Waals surface area contributed by atoms with E-state index in [9.17, 15) is 19.1 Å². The summed E-state index contributed by atoms with van der Waals surface area (Å²) in [6, 6.07) is 3.45. The lowest BCUT2D eigenvalue weighted by Crippen LogP contribution is -2.38. The molecule has 1 aliphatic rings. The van der Waals surface area contributed by atoms with Gasteiger partial charge in [0.2, 0.25) is 0 Å². The van der Waals surface area contributed by atoms with E-state index in [1.807, 2.05) is 0 Å². The Kier molecular flexibility index (Phi) is 4.01. The number of carbonyl (C=O) groups excluding carboxylic acids is 2. The highest BCUT2D eigenvalue weighted by molar-refractivity contribution is 6.41. The van der Waals surface area contributed by atoms with Gasteiger partial charge in [0.15, 0.2) is 0 Å². The molecule has 1 fully saturated rings. The summed E-state index contributed by atoms with van der Waals surface area (Å²) in [5, 5.41) is 11.6. The summed E-state index contributed by atoms with van der Waals surface area (Å²) in [5.41, 5.74) is 0.168. The monoisotopic (exact) mass is 286 g/mol. The van der Waals surface area contributed by atoms with Crippen molar-refractivity contribution in [3.05, 3.63) is 29.0 Å². The Labute approximate surface area is 114 Å². The molecule has 2 rings (SSSR count). The van der Waals surface area contributed by atoms with E-state index in [0.29, 0.717) is 13.0 Å². The molecular weight excluding hydrogens is 275 g/mol. The van der Waals surface area contributed by atoms with Crippen LogP contribution < -0.4 is 5.32 Å². The standard InChI is InChI=1S/C12H12ClFN2O3/c13-9-5-7(14)1-2-10(9)15-11(18)12(19)16-4-3-8(17)6-16/h1-2,5,8,17H,3-4,6H2,(H,15,18)/t8-/m1/s1. The fourth-order valence-corrected chi connectivity index (χ4v) is 2.05. The number of likely N-dealkylation sites (tertiary alicyclic amines) is 1. The molecule has 0 saturated carbocycles. The quantitative estimate of drug-likeness (QED) is 0.757. The van der Waals surface area contributed by atoms with Crippen molar-refractivity contribution in [1.82, 2.24) is 4.90 Å². The van der Waals surface area contributed by atoms with Gasteiger partial charge < -0.3 is 15.3 Å². The van der Waals surface area contributed by atoms with Gasteiger partial charge in [-0.05, 0) is 24.6 Å². The van der Waals surface area contributed by atoms with Crippen LogP contribution in [0.15, 0.2) is 18.2 Å². The molecule has 0 aromatic heterocycles. The van der Waals surface area contributed by atoms with E-state index < -0.39 is 23.7 Å². The second-order valence-electron chi connectivity index (χ2n) is 4.27. The number of rotatable bonds is 1. The van der Waals surface area contributed by atoms with Gasteiger partial charge in [0, 0.05) is 13.1 Å². The number of halogens is 2. The van der Waals surface area contributed by atoms with Crippen molar-refractivity contribution in [3.8, 4) is 0 Å². The number of benzene rings is 1. The van der Waals surface area contributed by atoms with Gasteiger partial charge in [-0.15, -0.1) is 0 Å². The molecule has 102 valence electrons. The van der Waals surface area contributed by atoms with Gasteiger partial charge in [0.05, 0.1) is 16.8 Å². The van der Waals surface area contributed by atoms with Crippen LogP contribution in [-0.2, 0) is 9.59 Å². The third kappa shape index (κ3) is 3.21. The van der Waals surface area contributed by atoms with Crippen LogP contribution in [0.3, 0.4) is 0 Å². The fraction of sp³-hybridized carbons (Fsp3) is 0.333. The van der Waals surface area contributed by atoms with Crippen LogP contribution in [0, 0.1) is 5.82 Å². The molecule has 5 nitrogen and oxygen atoms in total. The van der Waals surface area contributed by atoms with E-state index in [2.05, 4.69) is 5.32 Å². The molecule has 7 heteroatoms. The van der Waals surface area contributed by atoms with Gasteiger partial charge in [-0.3, -0.25) is 9.59 Å². The zero-order chi connectivity index (χ0) is 14.0. The highest BCUT2D eigenvalue weighted by atomic mass is 35.5. The smallest absolute Gasteiger partial charge is 0.313 e. The van der Waals surface area contributed by atoms with Gasteiger partial charge >= 0.3 is 11.8 Å². The first-order valence-electron chi connectivity index (χ1n) is 5.71. The van der Waals surface area contributed by atoms with Gasteiger partial charge in [0.1, 0.15) is 5.82 Å². The average Bonchev–Trinajstić information content (AvgIpc) is 2.78. The SMILES string of the molecule is O=C(Nc1ccc(F)cc1Cl)C(=O)N1CC[C@@H](O)C1. The molecule has 1 aromatic carbocycles. The molecule has 1 saturated heterocycles. The maximum absolute atomic E-state index is 12.8. The van der Waals surface area contributed by atoms with Crippen molar-refractivity contribution >= 4 is 29.1 Å². The number of β-amino-alcohol motifs (C(OH)–C–C–N with tert-alkyl or cyclic N) is 1. The zero-order valence-electron chi connectivity index (χ0n) is 9.90. The van der Waals surface area contributed by atoms with Gasteiger partial charge in [0.25, 0.3) is 0 Å². The largest absolute Gasteiger partial charge is 0.391 e. The molecule has 0 aliphatic carbocycles. The van der Waals surface area contributed by atoms with E-state index in [4.69, 9.17) is 11.6 Å². The van der Waals surface area contributed by atoms with Crippen molar-refractivity contribution < 1.29 is 19.1 Å². The fourth-order valence-electron chi connectivity index (χ4n) is 1.84. The lowest BCUT2D eigenvalue weighted by Gasteiger charge is -2.15. The number of anilines is 1. The molecule has 1 aliphatic heterocycles. The number of hydrogen-bond acceptors (Lipinski definition) is 3. The topological polar surface area (TPSA) is 69.6 Å². The molecule has 0 bridgehead atoms. The normalized spacial score (nSPS) is 18.5. The minimum Gasteiger partial charge on any atom is -0.391 e. The van der Waals surface area contributed by atoms with E-state index in [-0.39, 0.29) is 17.3 Å². The Bertz CT molecular complexity index is 524. The summed E-state index contributed by atoms with van der Waals surface area (Å²) in [6.45, 7) is 0.480. The molecule has 19 heavy (non-hydrogen) atoms. The highest BCUT2D eigenvalue weighted by Crippen LogP contribution is 2.22. The summed E-state index contributed by atoms with van der Waals surface area (Å²) in [6.07, 6.45) is -0.137. The summed E-state index contributed by atoms with van der Waals surface area (Å²) in [7, 11) is 0. The van der Waals surface area contributed by atoms with E-state index in [1.54, 1.807) is 0 Å². The van der Waals surface area contributed by atoms with Crippen LogP contribution in [0.2, 0.25) is 5.02 Å². The molecule has 1 atom stereocenters. The molecule has 0 radical (unpaired) electrons. The van der Waals surface area contributed by atoms with Crippen molar-refractivity contribution in [2.45, 2.75) is 12.5 Å². The Morgan fingerprint density at radius 3 is 2.79 bits per heavy atom. The lowest BCUT2D eigenvalue weighted by molar-refractivity contribution is -0.142. The maximum atomic E-state index is 12.8. The molecule has 0 unspecified atom stereocenters. The van der Waals surface area contributed by atoms with Crippen molar-refractivity contribution in [2.24, 2.45) is 0 Å². The second kappa shape index (κ2) is 5.54. The molecule has 2 N–H and O–H groups in total. The third-order valence-corrected chi connectivity index (χ3v) is 3.14. The Hall–Kier alpha value is -1.66. The zero-order valence-corrected chi connectivity index (χ0v) is 10.7. The Morgan fingerprint density at radius 2 is 2.21 bits per heavy atom. The molecule has 1 aromatic rings. The number of amides is 2. The van der Waals surface area contributed by atoms with Gasteiger partial charge in [-0.2, -0.15) is 0 Å². The first-order chi connectivity index (χ1) is 8.97. The third-order valence-electron chi connectivity index (χ3n) is 2.82. The summed E-state index contributed by atoms with van der Waals surface area (Å²) in [5.74, 6) is -2.13. The summed E-state index contributed by atoms with van der Waals surface area (Å²) >= 11 is 5.74. The van der Waals surface area contributed by atoms with Crippen LogP contribution in [0.4, 0.5) is 10.1 Å². The number of nitrogens with zero attached hydrogens (tertiary/aromatic N) is 1. The minimum atomic E-state index is -0.859. The van der Waals surface area contributed by atoms with Gasteiger partial charge in [-0.1, -0.05) is 11.6 Å². The first kappa shape index (κ1) is 13.8. The molecule has 2 amide bonds. The van der Waals surface area contributed by atoms with Crippen molar-refractivity contribution in [3.63, 3.8) is 0 Å². The van der Waals surface area contributed by atoms with Crippen LogP contribution in [0.1, 0.15) is 6.42 Å². The molecule has 1 heterocycles. The van der Waals surface area contributed by atoms with E-state index >= 15 is 0 Å². The Morgan fingerprint density at radius 1 is 1.47 bits per heavy atom. The highest BCUT2D eigenvalue weighted by Gasteiger charge is 2.29. The van der Waals surface area contributed by atoms with Crippen LogP contribution >= 0.6 is 11.6 Å². The number of nitrogens with one attached hydrogen (secondary N) is 1. The number of hydrogen-bond donors (Lipinski definition) is 2. The summed E-state index contributed by atoms with van der Waals surface area (Å²) in [4.78, 5) is 24.7. The Balaban J connectivity index is 2.02. The second-order valence-corrected chi connectivity index (χ2v) is 4.68. The predicted octanol–water partition coefficient (Wildman–Crippen LogP) is 1.01. The van der Waals surface area contributed by atoms with Crippen LogP contribution in [0.25, 0.3) is 0 Å². The molecule has 0 spiro atoms. The average molecular weight is 287 g/mol. The van der Waals surface area contributed by atoms with Crippen molar-refractivity contribution in [2.75, 3.05) is 18.4 Å². The number of aliphatic hydroxyl groups is 1. The number of aliphatic hydroxyl groups excluding tert-OH is 1. The maximum Gasteiger partial charge on any atom is 0.313 e. The van der Waals surface area contributed by atoms with E-state index in [0.717, 1.165) is 12.1 Å². The minimum absolute atomic E-state index is 0.0163. The van der Waals surface area contributed by atoms with Crippen LogP contribution in [0.5, 0.6) is 0 Å². The van der Waals surface area contributed by atoms with E-state index in [1.165, 1.54) is 11.0 Å². The molecular formula is C12H12ClFN2O3. The number of carbonyl (C=O) groups is 2.